The van der Waals surface area contributed by atoms with Gasteiger partial charge in [-0.05, 0) is 0 Å². The molecule has 212 valence electrons. The average Bonchev–Trinajstić information content (AvgIpc) is 3.93. The van der Waals surface area contributed by atoms with Crippen LogP contribution in [-0.4, -0.2) is 50.2 Å². The standard InChI is InChI=1S/C32H18N8.C2H2N2O/c1-2-10-18-17(9-1)25-33-26(18)38-28-21-13-5-6-14-22(21)30(35-28)40-32-24-16-8-7-15-23(24)31(36-32)39-29-20-12-4-3-11-19(20)27(34-29)37-25;1-2-5-4-3-1/h1-16H,(H2,33,34,35,36,37,38,39,40);1-2H. The third-order valence-corrected chi connectivity index (χ3v) is 7.74. The van der Waals surface area contributed by atoms with Gasteiger partial charge in [0, 0.05) is 49.1 Å². The molecule has 6 heterocycles. The number of aromatic nitrogens is 10. The molecule has 0 aliphatic carbocycles. The van der Waals surface area contributed by atoms with E-state index in [1.807, 2.05) is 97.1 Å². The highest BCUT2D eigenvalue weighted by atomic mass is 16.5. The number of nitrogens with zero attached hydrogens (tertiary/aromatic N) is 8. The molecule has 11 nitrogen and oxygen atoms in total. The van der Waals surface area contributed by atoms with E-state index in [4.69, 9.17) is 29.9 Å². The molecule has 0 spiro atoms. The zero-order valence-corrected chi connectivity index (χ0v) is 23.4. The van der Waals surface area contributed by atoms with Crippen LogP contribution in [0.4, 0.5) is 0 Å². The summed E-state index contributed by atoms with van der Waals surface area (Å²) in [5.41, 5.74) is 6.45. The summed E-state index contributed by atoms with van der Waals surface area (Å²) in [7, 11) is 0. The fourth-order valence-electron chi connectivity index (χ4n) is 5.73. The van der Waals surface area contributed by atoms with E-state index in [0.29, 0.717) is 45.9 Å². The normalized spacial score (nSPS) is 11.6. The lowest BCUT2D eigenvalue weighted by atomic mass is 10.1. The summed E-state index contributed by atoms with van der Waals surface area (Å²) < 4.78 is 4.22. The molecule has 8 aromatic rings. The Morgan fingerprint density at radius 2 is 0.733 bits per heavy atom. The molecule has 0 radical (unpaired) electrons. The van der Waals surface area contributed by atoms with E-state index in [-0.39, 0.29) is 0 Å². The summed E-state index contributed by atoms with van der Waals surface area (Å²) in [4.78, 5) is 36.8. The SMILES string of the molecule is c1ccc2c(c1)-c1nc-2nc2[nH]c(nc3nc(nc4[nH]c(n1)c1ccccc41)-c1ccccc1-3)c1ccccc21.c1conn1. The number of rotatable bonds is 0. The van der Waals surface area contributed by atoms with Gasteiger partial charge in [0.2, 0.25) is 0 Å². The van der Waals surface area contributed by atoms with Crippen LogP contribution in [0.2, 0.25) is 0 Å². The van der Waals surface area contributed by atoms with E-state index in [9.17, 15) is 0 Å². The summed E-state index contributed by atoms with van der Waals surface area (Å²) in [5, 5.41) is 10.2. The fourth-order valence-corrected chi connectivity index (χ4v) is 5.73. The second-order valence-corrected chi connectivity index (χ2v) is 10.4. The van der Waals surface area contributed by atoms with Crippen LogP contribution in [0.25, 0.3) is 89.7 Å². The highest BCUT2D eigenvalue weighted by molar-refractivity contribution is 6.06. The van der Waals surface area contributed by atoms with E-state index < -0.39 is 0 Å². The molecule has 2 aliphatic heterocycles. The largest absolute Gasteiger partial charge is 0.346 e. The lowest BCUT2D eigenvalue weighted by molar-refractivity contribution is 0.393. The highest BCUT2D eigenvalue weighted by Crippen LogP contribution is 2.36. The Balaban J connectivity index is 0.000000515. The first-order valence-corrected chi connectivity index (χ1v) is 14.2. The molecular weight excluding hydrogens is 564 g/mol. The molecular formula is C34H20N10O. The first-order chi connectivity index (χ1) is 22.3. The van der Waals surface area contributed by atoms with Crippen molar-refractivity contribution in [2.75, 3.05) is 0 Å². The summed E-state index contributed by atoms with van der Waals surface area (Å²) in [6.07, 6.45) is 2.88. The Morgan fingerprint density at radius 1 is 0.400 bits per heavy atom. The van der Waals surface area contributed by atoms with E-state index in [0.717, 1.165) is 43.8 Å². The molecule has 4 aromatic carbocycles. The minimum atomic E-state index is 0.597. The summed E-state index contributed by atoms with van der Waals surface area (Å²) in [5.74, 6) is 2.39. The van der Waals surface area contributed by atoms with Crippen molar-refractivity contribution in [1.82, 2.24) is 50.2 Å². The van der Waals surface area contributed by atoms with Crippen molar-refractivity contribution in [2.24, 2.45) is 0 Å². The number of fused-ring (bicyclic) bond motifs is 20. The van der Waals surface area contributed by atoms with Gasteiger partial charge in [0.15, 0.2) is 23.3 Å². The molecule has 45 heavy (non-hydrogen) atoms. The Morgan fingerprint density at radius 3 is 1.00 bits per heavy atom. The van der Waals surface area contributed by atoms with Crippen molar-refractivity contribution in [3.05, 3.63) is 110 Å². The van der Waals surface area contributed by atoms with Gasteiger partial charge < -0.3 is 14.5 Å². The second kappa shape index (κ2) is 9.99. The monoisotopic (exact) mass is 584 g/mol. The minimum Gasteiger partial charge on any atom is -0.346 e. The smallest absolute Gasteiger partial charge is 0.164 e. The lowest BCUT2D eigenvalue weighted by Gasteiger charge is -1.96. The van der Waals surface area contributed by atoms with Gasteiger partial charge in [-0.2, -0.15) is 0 Å². The molecule has 0 saturated carbocycles. The third kappa shape index (κ3) is 4.13. The fraction of sp³-hybridized carbons (Fsp3) is 0. The second-order valence-electron chi connectivity index (χ2n) is 10.4. The number of hydrogen-bond acceptors (Lipinski definition) is 9. The van der Waals surface area contributed by atoms with Crippen LogP contribution >= 0.6 is 0 Å². The maximum Gasteiger partial charge on any atom is 0.164 e. The predicted octanol–water partition coefficient (Wildman–Crippen LogP) is 6.94. The molecule has 0 amide bonds. The van der Waals surface area contributed by atoms with Crippen molar-refractivity contribution in [3.63, 3.8) is 0 Å². The molecule has 0 fully saturated rings. The molecule has 2 N–H and O–H groups in total. The van der Waals surface area contributed by atoms with Crippen molar-refractivity contribution >= 4 is 44.1 Å². The van der Waals surface area contributed by atoms with Crippen molar-refractivity contribution in [2.45, 2.75) is 0 Å². The summed E-state index contributed by atoms with van der Waals surface area (Å²) >= 11 is 0. The molecule has 4 aromatic heterocycles. The van der Waals surface area contributed by atoms with Crippen LogP contribution in [0.1, 0.15) is 0 Å². The third-order valence-electron chi connectivity index (χ3n) is 7.74. The van der Waals surface area contributed by atoms with Crippen LogP contribution in [0.15, 0.2) is 114 Å². The Kier molecular flexibility index (Phi) is 5.53. The number of aromatic amines is 2. The first kappa shape index (κ1) is 24.9. The summed E-state index contributed by atoms with van der Waals surface area (Å²) in [6, 6.07) is 32.2. The van der Waals surface area contributed by atoms with Gasteiger partial charge in [0.25, 0.3) is 0 Å². The average molecular weight is 585 g/mol. The maximum atomic E-state index is 5.02. The lowest BCUT2D eigenvalue weighted by Crippen LogP contribution is -1.82. The zero-order chi connectivity index (χ0) is 29.7. The highest BCUT2D eigenvalue weighted by Gasteiger charge is 2.21. The number of benzene rings is 4. The van der Waals surface area contributed by atoms with Gasteiger partial charge in [-0.3, -0.25) is 0 Å². The molecule has 8 bridgehead atoms. The van der Waals surface area contributed by atoms with Gasteiger partial charge >= 0.3 is 0 Å². The number of nitrogens with one attached hydrogen (secondary N) is 2. The quantitative estimate of drug-likeness (QED) is 0.193. The topological polar surface area (TPSA) is 148 Å². The molecule has 10 rings (SSSR count). The van der Waals surface area contributed by atoms with Gasteiger partial charge in [-0.15, -0.1) is 5.10 Å². The molecule has 0 atom stereocenters. The molecule has 11 heteroatoms. The van der Waals surface area contributed by atoms with E-state index in [2.05, 4.69) is 24.9 Å². The van der Waals surface area contributed by atoms with E-state index in [1.165, 1.54) is 12.5 Å². The number of H-pyrrole nitrogens is 2. The molecule has 0 unspecified atom stereocenters. The van der Waals surface area contributed by atoms with Crippen LogP contribution < -0.4 is 0 Å². The van der Waals surface area contributed by atoms with E-state index >= 15 is 0 Å². The van der Waals surface area contributed by atoms with Gasteiger partial charge in [-0.1, -0.05) is 97.1 Å². The predicted molar refractivity (Wildman–Crippen MR) is 170 cm³/mol. The molecule has 2 aliphatic rings. The maximum absolute atomic E-state index is 5.02. The van der Waals surface area contributed by atoms with Gasteiger partial charge in [-0.25, -0.2) is 29.9 Å². The Hall–Kier alpha value is -6.62. The van der Waals surface area contributed by atoms with Crippen molar-refractivity contribution in [3.8, 4) is 45.6 Å². The van der Waals surface area contributed by atoms with Gasteiger partial charge in [0.05, 0.1) is 6.20 Å². The zero-order valence-electron chi connectivity index (χ0n) is 23.4. The van der Waals surface area contributed by atoms with Crippen LogP contribution in [0, 0.1) is 0 Å². The summed E-state index contributed by atoms with van der Waals surface area (Å²) in [6.45, 7) is 0. The Labute approximate surface area is 253 Å². The first-order valence-electron chi connectivity index (χ1n) is 14.2. The van der Waals surface area contributed by atoms with Gasteiger partial charge in [0.1, 0.15) is 28.9 Å². The number of hydrogen-bond donors (Lipinski definition) is 2. The van der Waals surface area contributed by atoms with Crippen molar-refractivity contribution in [1.29, 1.82) is 0 Å². The van der Waals surface area contributed by atoms with Crippen LogP contribution in [0.5, 0.6) is 0 Å². The van der Waals surface area contributed by atoms with Crippen LogP contribution in [0.3, 0.4) is 0 Å². The van der Waals surface area contributed by atoms with Crippen molar-refractivity contribution < 1.29 is 4.52 Å². The minimum absolute atomic E-state index is 0.597. The Bertz CT molecular complexity index is 2230. The van der Waals surface area contributed by atoms with E-state index in [1.54, 1.807) is 0 Å². The van der Waals surface area contributed by atoms with Crippen LogP contribution in [-0.2, 0) is 0 Å². The molecule has 0 saturated heterocycles.